The summed E-state index contributed by atoms with van der Waals surface area (Å²) in [6, 6.07) is 4.15. The highest BCUT2D eigenvalue weighted by Gasteiger charge is 2.21. The molecule has 0 radical (unpaired) electrons. The molecule has 1 aliphatic heterocycles. The number of halogens is 2. The molecule has 1 aromatic carbocycles. The smallest absolute Gasteiger partial charge is 0.256 e. The fourth-order valence-corrected chi connectivity index (χ4v) is 2.84. The number of aromatic nitrogens is 2. The van der Waals surface area contributed by atoms with Gasteiger partial charge in [0.25, 0.3) is 5.91 Å². The number of hydrogen-bond donors (Lipinski definition) is 1. The van der Waals surface area contributed by atoms with Gasteiger partial charge in [-0.3, -0.25) is 9.48 Å². The molecule has 1 amide bonds. The number of amides is 1. The fraction of sp³-hybridized carbons (Fsp3) is 0.333. The van der Waals surface area contributed by atoms with Gasteiger partial charge in [0.1, 0.15) is 5.82 Å². The molecule has 2 aromatic rings. The van der Waals surface area contributed by atoms with Crippen molar-refractivity contribution in [1.29, 1.82) is 0 Å². The zero-order valence-corrected chi connectivity index (χ0v) is 12.8. The summed E-state index contributed by atoms with van der Waals surface area (Å²) in [5.41, 5.74) is 2.69. The number of nitrogens with zero attached hydrogens (tertiary/aromatic N) is 2. The lowest BCUT2D eigenvalue weighted by atomic mass is 10.1. The monoisotopic (exact) mass is 323 g/mol. The molecule has 7 heteroatoms. The van der Waals surface area contributed by atoms with Crippen LogP contribution in [0.4, 0.5) is 4.39 Å². The SMILES string of the molecule is Cn1nc(CNC(=O)c2c(F)cccc2Cl)c2c1CCOC2. The predicted octanol–water partition coefficient (Wildman–Crippen LogP) is 2.22. The van der Waals surface area contributed by atoms with Crippen LogP contribution >= 0.6 is 11.6 Å². The number of benzene rings is 1. The first-order valence-electron chi connectivity index (χ1n) is 6.91. The summed E-state index contributed by atoms with van der Waals surface area (Å²) >= 11 is 5.89. The number of ether oxygens (including phenoxy) is 1. The Bertz CT molecular complexity index is 710. The zero-order chi connectivity index (χ0) is 15.7. The van der Waals surface area contributed by atoms with Crippen molar-refractivity contribution in [2.45, 2.75) is 19.6 Å². The van der Waals surface area contributed by atoms with Gasteiger partial charge >= 0.3 is 0 Å². The van der Waals surface area contributed by atoms with Crippen LogP contribution in [0, 0.1) is 5.82 Å². The minimum atomic E-state index is -0.642. The summed E-state index contributed by atoms with van der Waals surface area (Å²) in [5, 5.41) is 7.15. The van der Waals surface area contributed by atoms with E-state index in [1.165, 1.54) is 18.2 Å². The molecular formula is C15H15ClFN3O2. The molecule has 0 fully saturated rings. The summed E-state index contributed by atoms with van der Waals surface area (Å²) in [7, 11) is 1.86. The van der Waals surface area contributed by atoms with Crippen molar-refractivity contribution in [3.8, 4) is 0 Å². The minimum Gasteiger partial charge on any atom is -0.376 e. The van der Waals surface area contributed by atoms with Crippen molar-refractivity contribution >= 4 is 17.5 Å². The number of carbonyl (C=O) groups excluding carboxylic acids is 1. The summed E-state index contributed by atoms with van der Waals surface area (Å²) in [6.07, 6.45) is 0.798. The Morgan fingerprint density at radius 1 is 1.55 bits per heavy atom. The maximum atomic E-state index is 13.7. The molecule has 0 aliphatic carbocycles. The Balaban J connectivity index is 1.77. The van der Waals surface area contributed by atoms with Crippen LogP contribution in [-0.2, 0) is 31.4 Å². The topological polar surface area (TPSA) is 56.2 Å². The lowest BCUT2D eigenvalue weighted by Gasteiger charge is -2.14. The molecule has 3 rings (SSSR count). The largest absolute Gasteiger partial charge is 0.376 e. The van der Waals surface area contributed by atoms with E-state index in [1.807, 2.05) is 7.05 Å². The van der Waals surface area contributed by atoms with E-state index in [2.05, 4.69) is 10.4 Å². The maximum absolute atomic E-state index is 13.7. The van der Waals surface area contributed by atoms with Crippen molar-refractivity contribution < 1.29 is 13.9 Å². The van der Waals surface area contributed by atoms with Gasteiger partial charge in [-0.1, -0.05) is 17.7 Å². The van der Waals surface area contributed by atoms with E-state index in [1.54, 1.807) is 4.68 Å². The standard InChI is InChI=1S/C15H15ClFN3O2/c1-20-13-5-6-22-8-9(13)12(19-20)7-18-15(21)14-10(16)3-2-4-11(14)17/h2-4H,5-8H2,1H3,(H,18,21). The first kappa shape index (κ1) is 15.0. The van der Waals surface area contributed by atoms with Crippen molar-refractivity contribution in [2.24, 2.45) is 7.05 Å². The molecule has 0 spiro atoms. The van der Waals surface area contributed by atoms with Gasteiger partial charge in [0, 0.05) is 24.7 Å². The van der Waals surface area contributed by atoms with Crippen LogP contribution in [0.15, 0.2) is 18.2 Å². The van der Waals surface area contributed by atoms with E-state index in [9.17, 15) is 9.18 Å². The quantitative estimate of drug-likeness (QED) is 0.942. The second-order valence-corrected chi connectivity index (χ2v) is 5.48. The predicted molar refractivity (Wildman–Crippen MR) is 79.1 cm³/mol. The van der Waals surface area contributed by atoms with Crippen LogP contribution in [0.25, 0.3) is 0 Å². The third-order valence-corrected chi connectivity index (χ3v) is 4.01. The molecule has 22 heavy (non-hydrogen) atoms. The van der Waals surface area contributed by atoms with Crippen LogP contribution in [0.1, 0.15) is 27.3 Å². The molecule has 0 saturated heterocycles. The van der Waals surface area contributed by atoms with Crippen molar-refractivity contribution in [3.63, 3.8) is 0 Å². The number of fused-ring (bicyclic) bond motifs is 1. The van der Waals surface area contributed by atoms with Crippen molar-refractivity contribution in [2.75, 3.05) is 6.61 Å². The molecule has 5 nitrogen and oxygen atoms in total. The minimum absolute atomic E-state index is 0.0869. The number of rotatable bonds is 3. The molecule has 2 heterocycles. The summed E-state index contributed by atoms with van der Waals surface area (Å²) < 4.78 is 21.0. The van der Waals surface area contributed by atoms with E-state index < -0.39 is 11.7 Å². The van der Waals surface area contributed by atoms with Crippen LogP contribution in [0.3, 0.4) is 0 Å². The van der Waals surface area contributed by atoms with Gasteiger partial charge in [-0.15, -0.1) is 0 Å². The molecular weight excluding hydrogens is 309 g/mol. The molecule has 0 bridgehead atoms. The third kappa shape index (κ3) is 2.71. The molecule has 1 aliphatic rings. The second kappa shape index (κ2) is 6.06. The Hall–Kier alpha value is -1.92. The van der Waals surface area contributed by atoms with E-state index in [0.29, 0.717) is 13.2 Å². The molecule has 1 N–H and O–H groups in total. The van der Waals surface area contributed by atoms with Gasteiger partial charge < -0.3 is 10.1 Å². The summed E-state index contributed by atoms with van der Waals surface area (Å²) in [6.45, 7) is 1.36. The second-order valence-electron chi connectivity index (χ2n) is 5.08. The maximum Gasteiger partial charge on any atom is 0.256 e. The fourth-order valence-electron chi connectivity index (χ4n) is 2.60. The van der Waals surface area contributed by atoms with Crippen LogP contribution in [0.5, 0.6) is 0 Å². The molecule has 1 aromatic heterocycles. The van der Waals surface area contributed by atoms with Gasteiger partial charge in [-0.05, 0) is 12.1 Å². The average molecular weight is 324 g/mol. The third-order valence-electron chi connectivity index (χ3n) is 3.69. The van der Waals surface area contributed by atoms with Crippen LogP contribution in [0.2, 0.25) is 5.02 Å². The lowest BCUT2D eigenvalue weighted by Crippen LogP contribution is -2.25. The highest BCUT2D eigenvalue weighted by molar-refractivity contribution is 6.33. The summed E-state index contributed by atoms with van der Waals surface area (Å²) in [5.74, 6) is -1.20. The van der Waals surface area contributed by atoms with Crippen LogP contribution in [-0.4, -0.2) is 22.3 Å². The van der Waals surface area contributed by atoms with Crippen molar-refractivity contribution in [1.82, 2.24) is 15.1 Å². The number of carbonyl (C=O) groups is 1. The average Bonchev–Trinajstić information content (AvgIpc) is 2.82. The molecule has 0 atom stereocenters. The molecule has 116 valence electrons. The van der Waals surface area contributed by atoms with Gasteiger partial charge in [-0.25, -0.2) is 4.39 Å². The Morgan fingerprint density at radius 2 is 2.36 bits per heavy atom. The summed E-state index contributed by atoms with van der Waals surface area (Å²) in [4.78, 5) is 12.1. The van der Waals surface area contributed by atoms with E-state index >= 15 is 0 Å². The lowest BCUT2D eigenvalue weighted by molar-refractivity contribution is 0.0943. The highest BCUT2D eigenvalue weighted by atomic mass is 35.5. The Morgan fingerprint density at radius 3 is 3.14 bits per heavy atom. The van der Waals surface area contributed by atoms with Gasteiger partial charge in [0.05, 0.1) is 36.0 Å². The van der Waals surface area contributed by atoms with E-state index in [0.717, 1.165) is 23.4 Å². The Kier molecular flexibility index (Phi) is 4.13. The Labute approximate surface area is 132 Å². The van der Waals surface area contributed by atoms with Gasteiger partial charge in [0.2, 0.25) is 0 Å². The first-order valence-corrected chi connectivity index (χ1v) is 7.29. The number of hydrogen-bond acceptors (Lipinski definition) is 3. The van der Waals surface area contributed by atoms with E-state index in [-0.39, 0.29) is 17.1 Å². The van der Waals surface area contributed by atoms with Gasteiger partial charge in [0.15, 0.2) is 0 Å². The highest BCUT2D eigenvalue weighted by Crippen LogP contribution is 2.21. The first-order chi connectivity index (χ1) is 10.6. The van der Waals surface area contributed by atoms with Crippen molar-refractivity contribution in [3.05, 3.63) is 51.6 Å². The number of nitrogens with one attached hydrogen (secondary N) is 1. The normalized spacial score (nSPS) is 13.8. The van der Waals surface area contributed by atoms with Gasteiger partial charge in [-0.2, -0.15) is 5.10 Å². The molecule has 0 unspecified atom stereocenters. The van der Waals surface area contributed by atoms with E-state index in [4.69, 9.17) is 16.3 Å². The number of aryl methyl sites for hydroxylation is 1. The zero-order valence-electron chi connectivity index (χ0n) is 12.0. The molecule has 0 saturated carbocycles. The van der Waals surface area contributed by atoms with Crippen LogP contribution < -0.4 is 5.32 Å².